The molecule has 0 fully saturated rings. The summed E-state index contributed by atoms with van der Waals surface area (Å²) in [6.07, 6.45) is 11.3. The Kier molecular flexibility index (Phi) is 11.6. The average Bonchev–Trinajstić information content (AvgIpc) is 2.68. The minimum Gasteiger partial charge on any atom is -0.481 e. The Morgan fingerprint density at radius 2 is 1.71 bits per heavy atom. The Labute approximate surface area is 180 Å². The van der Waals surface area contributed by atoms with Crippen LogP contribution in [-0.2, 0) is 14.4 Å². The number of hydrogen-bond donors (Lipinski definition) is 4. The van der Waals surface area contributed by atoms with Crippen molar-refractivity contribution >= 4 is 29.8 Å². The maximum atomic E-state index is 12.1. The van der Waals surface area contributed by atoms with E-state index in [1.807, 2.05) is 11.4 Å². The van der Waals surface area contributed by atoms with Crippen molar-refractivity contribution in [3.63, 3.8) is 0 Å². The first-order valence-electron chi connectivity index (χ1n) is 10.4. The number of carboxylic acid groups (broad SMARTS) is 2. The van der Waals surface area contributed by atoms with E-state index in [-0.39, 0.29) is 18.4 Å². The van der Waals surface area contributed by atoms with Crippen LogP contribution < -0.4 is 10.7 Å². The fourth-order valence-corrected chi connectivity index (χ4v) is 2.83. The zero-order chi connectivity index (χ0) is 23.2. The summed E-state index contributed by atoms with van der Waals surface area (Å²) in [7, 11) is 0. The molecule has 0 radical (unpaired) electrons. The largest absolute Gasteiger partial charge is 0.481 e. The molecule has 1 aromatic heterocycles. The summed E-state index contributed by atoms with van der Waals surface area (Å²) in [5.74, 6) is -4.47. The number of H-pyrrole nitrogens is 1. The highest BCUT2D eigenvalue weighted by Gasteiger charge is 2.19. The second-order valence-corrected chi connectivity index (χ2v) is 7.44. The number of aromatic nitrogens is 1. The van der Waals surface area contributed by atoms with Crippen LogP contribution in [0, 0.1) is 5.92 Å². The normalized spacial score (nSPS) is 11.9. The molecule has 0 spiro atoms. The number of carboxylic acids is 2. The second-order valence-electron chi connectivity index (χ2n) is 7.44. The monoisotopic (exact) mass is 434 g/mol. The number of pyridine rings is 1. The van der Waals surface area contributed by atoms with Gasteiger partial charge in [0.05, 0.1) is 5.92 Å². The standard InChI is InChI=1S/C22H30N2O7/c1-15(22(30)31)12-19(26)24-21(29)17-14-23-16(13-18(17)25)10-8-6-4-2-3-5-7-9-11-20(27)28/h8,10,13-15H,2-7,9,11-12H2,1H3,(H,23,25)(H,27,28)(H,30,31)(H,24,26,29)/t15-/m0/s1. The predicted molar refractivity (Wildman–Crippen MR) is 115 cm³/mol. The zero-order valence-electron chi connectivity index (χ0n) is 17.7. The average molecular weight is 434 g/mol. The van der Waals surface area contributed by atoms with Crippen LogP contribution in [0.3, 0.4) is 0 Å². The van der Waals surface area contributed by atoms with E-state index in [0.29, 0.717) is 12.1 Å². The third kappa shape index (κ3) is 10.9. The van der Waals surface area contributed by atoms with Gasteiger partial charge in [-0.3, -0.25) is 29.3 Å². The molecule has 2 amide bonds. The van der Waals surface area contributed by atoms with Gasteiger partial charge in [-0.15, -0.1) is 0 Å². The number of nitrogens with one attached hydrogen (secondary N) is 2. The molecule has 0 aliphatic rings. The molecular formula is C22H30N2O7. The van der Waals surface area contributed by atoms with Gasteiger partial charge < -0.3 is 15.2 Å². The second kappa shape index (κ2) is 13.9. The number of aromatic amines is 1. The number of imide groups is 1. The van der Waals surface area contributed by atoms with Gasteiger partial charge in [0.15, 0.2) is 5.43 Å². The molecule has 0 bridgehead atoms. The van der Waals surface area contributed by atoms with Crippen molar-refractivity contribution in [2.75, 3.05) is 0 Å². The SMILES string of the molecule is C[C@@H](CC(=O)NC(=O)c1c[nH]c(C=CCCCCCCCCC(=O)O)cc1=O)C(=O)O. The topological polar surface area (TPSA) is 154 Å². The number of carbonyl (C=O) groups excluding carboxylic acids is 2. The quantitative estimate of drug-likeness (QED) is 0.328. The van der Waals surface area contributed by atoms with Gasteiger partial charge in [0.25, 0.3) is 5.91 Å². The first kappa shape index (κ1) is 25.8. The molecule has 9 nitrogen and oxygen atoms in total. The Hall–Kier alpha value is -3.23. The summed E-state index contributed by atoms with van der Waals surface area (Å²) >= 11 is 0. The van der Waals surface area contributed by atoms with Crippen LogP contribution in [0.1, 0.15) is 80.8 Å². The number of rotatable bonds is 14. The molecule has 170 valence electrons. The minimum atomic E-state index is -1.15. The third-order valence-corrected chi connectivity index (χ3v) is 4.65. The molecule has 1 heterocycles. The molecular weight excluding hydrogens is 404 g/mol. The molecule has 0 saturated heterocycles. The highest BCUT2D eigenvalue weighted by Crippen LogP contribution is 2.09. The van der Waals surface area contributed by atoms with Gasteiger partial charge in [0.1, 0.15) is 5.56 Å². The molecule has 1 rings (SSSR count). The van der Waals surface area contributed by atoms with Gasteiger partial charge in [-0.2, -0.15) is 0 Å². The van der Waals surface area contributed by atoms with Crippen molar-refractivity contribution < 1.29 is 29.4 Å². The third-order valence-electron chi connectivity index (χ3n) is 4.65. The summed E-state index contributed by atoms with van der Waals surface area (Å²) in [4.78, 5) is 59.9. The van der Waals surface area contributed by atoms with E-state index in [9.17, 15) is 24.0 Å². The molecule has 9 heteroatoms. The lowest BCUT2D eigenvalue weighted by molar-refractivity contribution is -0.143. The fraction of sp³-hybridized carbons (Fsp3) is 0.500. The molecule has 1 atom stereocenters. The number of unbranched alkanes of at least 4 members (excludes halogenated alkanes) is 6. The van der Waals surface area contributed by atoms with Crippen LogP contribution in [0.25, 0.3) is 6.08 Å². The Morgan fingerprint density at radius 1 is 1.06 bits per heavy atom. The van der Waals surface area contributed by atoms with Gasteiger partial charge in [-0.25, -0.2) is 0 Å². The van der Waals surface area contributed by atoms with Crippen LogP contribution in [-0.4, -0.2) is 39.0 Å². The van der Waals surface area contributed by atoms with Crippen LogP contribution in [0.2, 0.25) is 0 Å². The molecule has 0 unspecified atom stereocenters. The number of aliphatic carboxylic acids is 2. The lowest BCUT2D eigenvalue weighted by Crippen LogP contribution is -2.35. The molecule has 1 aromatic rings. The van der Waals surface area contributed by atoms with Crippen molar-refractivity contribution in [2.24, 2.45) is 5.92 Å². The maximum Gasteiger partial charge on any atom is 0.306 e. The van der Waals surface area contributed by atoms with Gasteiger partial charge in [-0.05, 0) is 25.3 Å². The van der Waals surface area contributed by atoms with Crippen LogP contribution >= 0.6 is 0 Å². The highest BCUT2D eigenvalue weighted by atomic mass is 16.4. The number of amides is 2. The smallest absolute Gasteiger partial charge is 0.306 e. The van der Waals surface area contributed by atoms with E-state index >= 15 is 0 Å². The lowest BCUT2D eigenvalue weighted by atomic mass is 10.1. The van der Waals surface area contributed by atoms with Gasteiger partial charge in [0.2, 0.25) is 5.91 Å². The van der Waals surface area contributed by atoms with Crippen LogP contribution in [0.5, 0.6) is 0 Å². The van der Waals surface area contributed by atoms with Gasteiger partial charge in [0, 0.05) is 30.8 Å². The van der Waals surface area contributed by atoms with Crippen LogP contribution in [0.4, 0.5) is 0 Å². The predicted octanol–water partition coefficient (Wildman–Crippen LogP) is 2.96. The van der Waals surface area contributed by atoms with Crippen molar-refractivity contribution in [1.82, 2.24) is 10.3 Å². The fourth-order valence-electron chi connectivity index (χ4n) is 2.83. The minimum absolute atomic E-state index is 0.224. The summed E-state index contributed by atoms with van der Waals surface area (Å²) in [6.45, 7) is 1.35. The van der Waals surface area contributed by atoms with E-state index in [1.165, 1.54) is 19.2 Å². The molecule has 31 heavy (non-hydrogen) atoms. The highest BCUT2D eigenvalue weighted by molar-refractivity contribution is 6.05. The van der Waals surface area contributed by atoms with E-state index in [0.717, 1.165) is 38.5 Å². The summed E-state index contributed by atoms with van der Waals surface area (Å²) in [5.41, 5.74) is -0.242. The van der Waals surface area contributed by atoms with E-state index in [1.54, 1.807) is 6.08 Å². The Bertz CT molecular complexity index is 858. The van der Waals surface area contributed by atoms with Crippen molar-refractivity contribution in [3.8, 4) is 0 Å². The Morgan fingerprint density at radius 3 is 2.32 bits per heavy atom. The first-order chi connectivity index (χ1) is 14.7. The molecule has 0 aromatic carbocycles. The van der Waals surface area contributed by atoms with E-state index in [4.69, 9.17) is 10.2 Å². The van der Waals surface area contributed by atoms with Crippen molar-refractivity contribution in [2.45, 2.75) is 64.7 Å². The molecule has 4 N–H and O–H groups in total. The Balaban J connectivity index is 2.38. The number of carbonyl (C=O) groups is 4. The molecule has 0 aliphatic carbocycles. The lowest BCUT2D eigenvalue weighted by Gasteiger charge is -2.06. The maximum absolute atomic E-state index is 12.1. The number of allylic oxidation sites excluding steroid dienone is 1. The number of hydrogen-bond acceptors (Lipinski definition) is 5. The first-order valence-corrected chi connectivity index (χ1v) is 10.4. The van der Waals surface area contributed by atoms with Crippen molar-refractivity contribution in [3.05, 3.63) is 39.8 Å². The van der Waals surface area contributed by atoms with Gasteiger partial charge in [-0.1, -0.05) is 38.7 Å². The van der Waals surface area contributed by atoms with Crippen molar-refractivity contribution in [1.29, 1.82) is 0 Å². The molecule has 0 aliphatic heterocycles. The van der Waals surface area contributed by atoms with E-state index < -0.39 is 35.1 Å². The van der Waals surface area contributed by atoms with Crippen LogP contribution in [0.15, 0.2) is 23.1 Å². The zero-order valence-corrected chi connectivity index (χ0v) is 17.7. The summed E-state index contributed by atoms with van der Waals surface area (Å²) in [5, 5.41) is 19.4. The summed E-state index contributed by atoms with van der Waals surface area (Å²) in [6, 6.07) is 1.26. The molecule has 0 saturated carbocycles. The van der Waals surface area contributed by atoms with Gasteiger partial charge >= 0.3 is 11.9 Å². The summed E-state index contributed by atoms with van der Waals surface area (Å²) < 4.78 is 0. The van der Waals surface area contributed by atoms with E-state index in [2.05, 4.69) is 4.98 Å².